The third-order valence-electron chi connectivity index (χ3n) is 7.28. The quantitative estimate of drug-likeness (QED) is 0.151. The molecular formula is C28H56O6. The van der Waals surface area contributed by atoms with E-state index in [1.165, 1.54) is 103 Å². The van der Waals surface area contributed by atoms with Crippen molar-refractivity contribution in [1.82, 2.24) is 0 Å². The molecule has 1 heterocycles. The second-order valence-electron chi connectivity index (χ2n) is 10.4. The highest BCUT2D eigenvalue weighted by atomic mass is 16.7. The van der Waals surface area contributed by atoms with Crippen molar-refractivity contribution in [3.05, 3.63) is 0 Å². The topological polar surface area (TPSA) is 99.4 Å². The maximum Gasteiger partial charge on any atom is 0.186 e. The molecule has 0 amide bonds. The Bertz CT molecular complexity index is 447. The Labute approximate surface area is 209 Å². The SMILES string of the molecule is CCCCCCCCCCCCC(CCCCCCCC)CO[C@H]1O[C@H](CO)[C@@H](O)[C@H](O)[C@@H]1O. The lowest BCUT2D eigenvalue weighted by molar-refractivity contribution is -0.303. The molecule has 1 unspecified atom stereocenters. The van der Waals surface area contributed by atoms with E-state index in [-0.39, 0.29) is 0 Å². The molecule has 0 bridgehead atoms. The summed E-state index contributed by atoms with van der Waals surface area (Å²) in [6.45, 7) is 4.53. The van der Waals surface area contributed by atoms with Crippen molar-refractivity contribution in [2.45, 2.75) is 160 Å². The fraction of sp³-hybridized carbons (Fsp3) is 1.00. The molecule has 1 fully saturated rings. The van der Waals surface area contributed by atoms with Gasteiger partial charge in [-0.1, -0.05) is 117 Å². The van der Waals surface area contributed by atoms with E-state index in [1.807, 2.05) is 0 Å². The number of aliphatic hydroxyl groups is 4. The summed E-state index contributed by atoms with van der Waals surface area (Å²) in [7, 11) is 0. The summed E-state index contributed by atoms with van der Waals surface area (Å²) in [4.78, 5) is 0. The van der Waals surface area contributed by atoms with Crippen LogP contribution in [-0.4, -0.2) is 64.3 Å². The van der Waals surface area contributed by atoms with Crippen molar-refractivity contribution in [2.75, 3.05) is 13.2 Å². The van der Waals surface area contributed by atoms with Crippen molar-refractivity contribution in [2.24, 2.45) is 5.92 Å². The van der Waals surface area contributed by atoms with Gasteiger partial charge < -0.3 is 29.9 Å². The molecule has 0 aromatic heterocycles. The lowest BCUT2D eigenvalue weighted by Crippen LogP contribution is -2.59. The van der Waals surface area contributed by atoms with Crippen LogP contribution in [0.15, 0.2) is 0 Å². The molecule has 1 saturated heterocycles. The van der Waals surface area contributed by atoms with Gasteiger partial charge in [-0.25, -0.2) is 0 Å². The smallest absolute Gasteiger partial charge is 0.186 e. The van der Waals surface area contributed by atoms with Crippen molar-refractivity contribution in [3.63, 3.8) is 0 Å². The van der Waals surface area contributed by atoms with Gasteiger partial charge in [0.1, 0.15) is 24.4 Å². The van der Waals surface area contributed by atoms with Crippen LogP contribution in [0.3, 0.4) is 0 Å². The van der Waals surface area contributed by atoms with Crippen LogP contribution in [0.4, 0.5) is 0 Å². The lowest BCUT2D eigenvalue weighted by atomic mass is 9.94. The Kier molecular flexibility index (Phi) is 19.5. The molecule has 1 aliphatic heterocycles. The molecule has 0 saturated carbocycles. The highest BCUT2D eigenvalue weighted by Gasteiger charge is 2.44. The van der Waals surface area contributed by atoms with Gasteiger partial charge in [0, 0.05) is 0 Å². The molecular weight excluding hydrogens is 432 g/mol. The number of hydrogen-bond donors (Lipinski definition) is 4. The zero-order valence-electron chi connectivity index (χ0n) is 22.2. The molecule has 34 heavy (non-hydrogen) atoms. The first-order valence-corrected chi connectivity index (χ1v) is 14.5. The van der Waals surface area contributed by atoms with E-state index in [9.17, 15) is 20.4 Å². The standard InChI is InChI=1S/C28H56O6/c1-3-5-7-9-11-12-13-14-16-18-20-23(19-17-15-10-8-6-4-2)22-33-28-27(32)26(31)25(30)24(21-29)34-28/h23-32H,3-22H2,1-2H3/t23?,24-,25-,26+,27+,28+/m1/s1. The molecule has 4 N–H and O–H groups in total. The summed E-state index contributed by atoms with van der Waals surface area (Å²) in [5.74, 6) is 0.396. The van der Waals surface area contributed by atoms with Gasteiger partial charge in [-0.05, 0) is 18.8 Å². The summed E-state index contributed by atoms with van der Waals surface area (Å²) >= 11 is 0. The van der Waals surface area contributed by atoms with Gasteiger partial charge in [-0.3, -0.25) is 0 Å². The second-order valence-corrected chi connectivity index (χ2v) is 10.4. The first kappa shape index (κ1) is 31.8. The molecule has 0 aromatic carbocycles. The predicted molar refractivity (Wildman–Crippen MR) is 138 cm³/mol. The number of hydrogen-bond acceptors (Lipinski definition) is 6. The summed E-state index contributed by atoms with van der Waals surface area (Å²) < 4.78 is 11.4. The Morgan fingerprint density at radius 3 is 1.50 bits per heavy atom. The predicted octanol–water partition coefficient (Wildman–Crippen LogP) is 5.48. The molecule has 6 nitrogen and oxygen atoms in total. The molecule has 0 spiro atoms. The number of aliphatic hydroxyl groups excluding tert-OH is 4. The van der Waals surface area contributed by atoms with Crippen LogP contribution in [0.5, 0.6) is 0 Å². The number of rotatable bonds is 22. The van der Waals surface area contributed by atoms with E-state index in [0.29, 0.717) is 12.5 Å². The van der Waals surface area contributed by atoms with Gasteiger partial charge in [-0.15, -0.1) is 0 Å². The minimum absolute atomic E-state index is 0.396. The summed E-state index contributed by atoms with van der Waals surface area (Å²) in [6.07, 6.45) is 17.0. The van der Waals surface area contributed by atoms with Gasteiger partial charge in [0.15, 0.2) is 6.29 Å². The highest BCUT2D eigenvalue weighted by molar-refractivity contribution is 4.89. The second kappa shape index (κ2) is 20.9. The van der Waals surface area contributed by atoms with Crippen LogP contribution in [0, 0.1) is 5.92 Å². The summed E-state index contributed by atoms with van der Waals surface area (Å²) in [6, 6.07) is 0. The van der Waals surface area contributed by atoms with Gasteiger partial charge in [0.05, 0.1) is 13.2 Å². The fourth-order valence-corrected chi connectivity index (χ4v) is 4.88. The third-order valence-corrected chi connectivity index (χ3v) is 7.28. The van der Waals surface area contributed by atoms with Gasteiger partial charge >= 0.3 is 0 Å². The van der Waals surface area contributed by atoms with Crippen molar-refractivity contribution in [3.8, 4) is 0 Å². The van der Waals surface area contributed by atoms with E-state index in [0.717, 1.165) is 12.8 Å². The Morgan fingerprint density at radius 1 is 0.618 bits per heavy atom. The monoisotopic (exact) mass is 488 g/mol. The maximum atomic E-state index is 10.3. The Morgan fingerprint density at radius 2 is 1.06 bits per heavy atom. The van der Waals surface area contributed by atoms with Crippen molar-refractivity contribution < 1.29 is 29.9 Å². The normalized spacial score (nSPS) is 26.1. The van der Waals surface area contributed by atoms with E-state index >= 15 is 0 Å². The molecule has 0 aliphatic carbocycles. The molecule has 6 heteroatoms. The minimum atomic E-state index is -1.38. The van der Waals surface area contributed by atoms with Crippen LogP contribution in [0.2, 0.25) is 0 Å². The molecule has 204 valence electrons. The summed E-state index contributed by atoms with van der Waals surface area (Å²) in [5, 5.41) is 39.6. The van der Waals surface area contributed by atoms with Crippen LogP contribution in [0.1, 0.15) is 129 Å². The lowest BCUT2D eigenvalue weighted by Gasteiger charge is -2.40. The van der Waals surface area contributed by atoms with Gasteiger partial charge in [0.2, 0.25) is 0 Å². The Balaban J connectivity index is 2.35. The first-order valence-electron chi connectivity index (χ1n) is 14.5. The van der Waals surface area contributed by atoms with E-state index in [4.69, 9.17) is 9.47 Å². The average Bonchev–Trinajstić information content (AvgIpc) is 2.84. The van der Waals surface area contributed by atoms with Crippen LogP contribution in [-0.2, 0) is 9.47 Å². The van der Waals surface area contributed by atoms with Crippen molar-refractivity contribution >= 4 is 0 Å². The largest absolute Gasteiger partial charge is 0.394 e. The fourth-order valence-electron chi connectivity index (χ4n) is 4.88. The Hall–Kier alpha value is -0.240. The summed E-state index contributed by atoms with van der Waals surface area (Å²) in [5.41, 5.74) is 0. The van der Waals surface area contributed by atoms with E-state index < -0.39 is 37.3 Å². The van der Waals surface area contributed by atoms with Gasteiger partial charge in [-0.2, -0.15) is 0 Å². The molecule has 0 aromatic rings. The van der Waals surface area contributed by atoms with E-state index in [2.05, 4.69) is 13.8 Å². The van der Waals surface area contributed by atoms with E-state index in [1.54, 1.807) is 0 Å². The molecule has 0 radical (unpaired) electrons. The number of unbranched alkanes of at least 4 members (excludes halogenated alkanes) is 14. The minimum Gasteiger partial charge on any atom is -0.394 e. The van der Waals surface area contributed by atoms with Crippen LogP contribution in [0.25, 0.3) is 0 Å². The average molecular weight is 489 g/mol. The first-order chi connectivity index (χ1) is 16.5. The van der Waals surface area contributed by atoms with Crippen LogP contribution >= 0.6 is 0 Å². The zero-order valence-corrected chi connectivity index (χ0v) is 22.2. The highest BCUT2D eigenvalue weighted by Crippen LogP contribution is 2.25. The number of ether oxygens (including phenoxy) is 2. The van der Waals surface area contributed by atoms with Crippen LogP contribution < -0.4 is 0 Å². The zero-order chi connectivity index (χ0) is 25.0. The molecule has 1 rings (SSSR count). The molecule has 1 aliphatic rings. The van der Waals surface area contributed by atoms with Crippen molar-refractivity contribution in [1.29, 1.82) is 0 Å². The maximum absolute atomic E-state index is 10.3. The molecule has 6 atom stereocenters. The third kappa shape index (κ3) is 13.7. The van der Waals surface area contributed by atoms with Gasteiger partial charge in [0.25, 0.3) is 0 Å².